The summed E-state index contributed by atoms with van der Waals surface area (Å²) in [5.41, 5.74) is 11.5. The summed E-state index contributed by atoms with van der Waals surface area (Å²) in [6.45, 7) is 0. The van der Waals surface area contributed by atoms with Crippen molar-refractivity contribution in [1.82, 2.24) is 0 Å². The highest BCUT2D eigenvalue weighted by Gasteiger charge is 2.28. The monoisotopic (exact) mass is 291 g/mol. The lowest BCUT2D eigenvalue weighted by Gasteiger charge is -2.15. The van der Waals surface area contributed by atoms with Gasteiger partial charge in [-0.05, 0) is 40.7 Å². The molecule has 4 heteroatoms. The molecule has 2 aromatic carbocycles. The Morgan fingerprint density at radius 3 is 2.48 bits per heavy atom. The van der Waals surface area contributed by atoms with Crippen molar-refractivity contribution in [3.8, 4) is 11.1 Å². The van der Waals surface area contributed by atoms with Gasteiger partial charge in [-0.25, -0.2) is 0 Å². The number of nitrogens with two attached hydrogens (primary N) is 1. The number of fused-ring (bicyclic) bond motifs is 3. The van der Waals surface area contributed by atoms with Gasteiger partial charge in [-0.15, -0.1) is 0 Å². The van der Waals surface area contributed by atoms with Crippen LogP contribution in [0, 0.1) is 0 Å². The zero-order valence-electron chi connectivity index (χ0n) is 11.5. The Hall–Kier alpha value is -1.81. The molecular weight excluding hydrogens is 275 g/mol. The van der Waals surface area contributed by atoms with E-state index in [0.717, 1.165) is 23.1 Å². The van der Waals surface area contributed by atoms with Gasteiger partial charge in [-0.3, -0.25) is 0 Å². The van der Waals surface area contributed by atoms with Gasteiger partial charge in [0.15, 0.2) is 0 Å². The molecule has 0 aromatic heterocycles. The molecule has 1 atom stereocenters. The topological polar surface area (TPSA) is 26.0 Å². The zero-order valence-corrected chi connectivity index (χ0v) is 11.5. The van der Waals surface area contributed by atoms with E-state index in [1.807, 2.05) is 30.3 Å². The van der Waals surface area contributed by atoms with Crippen LogP contribution in [0.4, 0.5) is 13.2 Å². The molecule has 110 valence electrons. The standard InChI is InChI=1S/C17H16F3N/c18-17(19,20)8-7-16(21)12-5-6-15-13(10-12)9-11-3-1-2-4-14(11)15/h1-6,10,16H,7-9,21H2/t16-/m1/s1. The smallest absolute Gasteiger partial charge is 0.324 e. The van der Waals surface area contributed by atoms with Gasteiger partial charge in [0.2, 0.25) is 0 Å². The second-order valence-electron chi connectivity index (χ2n) is 5.51. The van der Waals surface area contributed by atoms with Crippen molar-refractivity contribution in [3.05, 3.63) is 59.2 Å². The molecule has 0 amide bonds. The Bertz CT molecular complexity index is 661. The van der Waals surface area contributed by atoms with E-state index in [1.54, 1.807) is 0 Å². The lowest BCUT2D eigenvalue weighted by Crippen LogP contribution is -2.15. The first-order valence-electron chi connectivity index (χ1n) is 6.97. The largest absolute Gasteiger partial charge is 0.389 e. The predicted molar refractivity (Wildman–Crippen MR) is 76.9 cm³/mol. The number of benzene rings is 2. The van der Waals surface area contributed by atoms with Crippen LogP contribution in [0.5, 0.6) is 0 Å². The minimum atomic E-state index is -4.15. The maximum atomic E-state index is 12.3. The summed E-state index contributed by atoms with van der Waals surface area (Å²) in [5.74, 6) is 0. The molecule has 3 rings (SSSR count). The first kappa shape index (κ1) is 14.1. The van der Waals surface area contributed by atoms with Gasteiger partial charge in [0.25, 0.3) is 0 Å². The van der Waals surface area contributed by atoms with Crippen molar-refractivity contribution < 1.29 is 13.2 Å². The highest BCUT2D eigenvalue weighted by molar-refractivity contribution is 5.76. The molecule has 0 heterocycles. The summed E-state index contributed by atoms with van der Waals surface area (Å²) in [6.07, 6.45) is -4.24. The van der Waals surface area contributed by atoms with Gasteiger partial charge in [0.05, 0.1) is 0 Å². The molecule has 0 aliphatic heterocycles. The number of alkyl halides is 3. The van der Waals surface area contributed by atoms with Crippen LogP contribution in [0.3, 0.4) is 0 Å². The van der Waals surface area contributed by atoms with Gasteiger partial charge in [-0.1, -0.05) is 42.5 Å². The molecule has 0 saturated carbocycles. The molecule has 2 N–H and O–H groups in total. The van der Waals surface area contributed by atoms with Gasteiger partial charge in [0.1, 0.15) is 0 Å². The molecule has 0 radical (unpaired) electrons. The Morgan fingerprint density at radius 2 is 1.71 bits per heavy atom. The maximum absolute atomic E-state index is 12.3. The fourth-order valence-corrected chi connectivity index (χ4v) is 2.88. The SMILES string of the molecule is N[C@H](CCC(F)(F)F)c1ccc2c(c1)Cc1ccccc1-2. The van der Waals surface area contributed by atoms with Crippen molar-refractivity contribution in [3.63, 3.8) is 0 Å². The molecule has 1 aliphatic carbocycles. The van der Waals surface area contributed by atoms with Crippen LogP contribution >= 0.6 is 0 Å². The van der Waals surface area contributed by atoms with E-state index in [-0.39, 0.29) is 6.42 Å². The normalized spacial score (nSPS) is 14.7. The van der Waals surface area contributed by atoms with Crippen molar-refractivity contribution in [2.75, 3.05) is 0 Å². The molecule has 0 saturated heterocycles. The van der Waals surface area contributed by atoms with E-state index in [1.165, 1.54) is 11.1 Å². The van der Waals surface area contributed by atoms with Gasteiger partial charge >= 0.3 is 6.18 Å². The van der Waals surface area contributed by atoms with Crippen molar-refractivity contribution in [1.29, 1.82) is 0 Å². The van der Waals surface area contributed by atoms with Crippen molar-refractivity contribution >= 4 is 0 Å². The summed E-state index contributed by atoms with van der Waals surface area (Å²) < 4.78 is 36.8. The molecule has 0 unspecified atom stereocenters. The van der Waals surface area contributed by atoms with Gasteiger partial charge in [-0.2, -0.15) is 13.2 Å². The first-order chi connectivity index (χ1) is 9.94. The minimum Gasteiger partial charge on any atom is -0.324 e. The van der Waals surface area contributed by atoms with Crippen LogP contribution in [0.1, 0.15) is 35.6 Å². The Morgan fingerprint density at radius 1 is 1.00 bits per heavy atom. The Kier molecular flexibility index (Phi) is 3.49. The van der Waals surface area contributed by atoms with Crippen LogP contribution in [-0.2, 0) is 6.42 Å². The zero-order chi connectivity index (χ0) is 15.0. The second-order valence-corrected chi connectivity index (χ2v) is 5.51. The van der Waals surface area contributed by atoms with Gasteiger partial charge < -0.3 is 5.73 Å². The molecule has 0 spiro atoms. The lowest BCUT2D eigenvalue weighted by atomic mass is 9.97. The van der Waals surface area contributed by atoms with Crippen LogP contribution < -0.4 is 5.73 Å². The number of hydrogen-bond donors (Lipinski definition) is 1. The summed E-state index contributed by atoms with van der Waals surface area (Å²) in [5, 5.41) is 0. The number of halogens is 3. The maximum Gasteiger partial charge on any atom is 0.389 e. The Balaban J connectivity index is 1.81. The predicted octanol–water partition coefficient (Wildman–Crippen LogP) is 4.60. The average molecular weight is 291 g/mol. The molecule has 0 bridgehead atoms. The highest BCUT2D eigenvalue weighted by Crippen LogP contribution is 2.38. The van der Waals surface area contributed by atoms with Crippen LogP contribution in [0.15, 0.2) is 42.5 Å². The van der Waals surface area contributed by atoms with Crippen molar-refractivity contribution in [2.45, 2.75) is 31.5 Å². The van der Waals surface area contributed by atoms with Crippen LogP contribution in [0.2, 0.25) is 0 Å². The van der Waals surface area contributed by atoms with E-state index in [4.69, 9.17) is 5.73 Å². The third-order valence-corrected chi connectivity index (χ3v) is 3.98. The summed E-state index contributed by atoms with van der Waals surface area (Å²) in [7, 11) is 0. The average Bonchev–Trinajstić information content (AvgIpc) is 2.81. The third kappa shape index (κ3) is 2.95. The molecule has 2 aromatic rings. The van der Waals surface area contributed by atoms with Crippen LogP contribution in [0.25, 0.3) is 11.1 Å². The fraction of sp³-hybridized carbons (Fsp3) is 0.294. The Labute approximate surface area is 121 Å². The van der Waals surface area contributed by atoms with E-state index >= 15 is 0 Å². The van der Waals surface area contributed by atoms with Gasteiger partial charge in [0, 0.05) is 12.5 Å². The van der Waals surface area contributed by atoms with Crippen molar-refractivity contribution in [2.24, 2.45) is 5.73 Å². The summed E-state index contributed by atoms with van der Waals surface area (Å²) in [6, 6.07) is 13.4. The minimum absolute atomic E-state index is 0.0742. The van der Waals surface area contributed by atoms with Crippen LogP contribution in [-0.4, -0.2) is 6.18 Å². The lowest BCUT2D eigenvalue weighted by molar-refractivity contribution is -0.136. The highest BCUT2D eigenvalue weighted by atomic mass is 19.4. The molecule has 0 fully saturated rings. The van der Waals surface area contributed by atoms with E-state index in [2.05, 4.69) is 12.1 Å². The summed E-state index contributed by atoms with van der Waals surface area (Å²) in [4.78, 5) is 0. The van der Waals surface area contributed by atoms with E-state index < -0.39 is 18.6 Å². The molecular formula is C17H16F3N. The first-order valence-corrected chi connectivity index (χ1v) is 6.97. The quantitative estimate of drug-likeness (QED) is 0.750. The second kappa shape index (κ2) is 5.19. The van der Waals surface area contributed by atoms with E-state index in [9.17, 15) is 13.2 Å². The molecule has 21 heavy (non-hydrogen) atoms. The fourth-order valence-electron chi connectivity index (χ4n) is 2.88. The number of rotatable bonds is 3. The third-order valence-electron chi connectivity index (χ3n) is 3.98. The summed E-state index contributed by atoms with van der Waals surface area (Å²) >= 11 is 0. The molecule has 1 aliphatic rings. The number of hydrogen-bond acceptors (Lipinski definition) is 1. The molecule has 1 nitrogen and oxygen atoms in total. The van der Waals surface area contributed by atoms with E-state index in [0.29, 0.717) is 0 Å².